The average molecular weight is 249 g/mol. The SMILES string of the molecule is [Cl][Ti][Cl].c1cc[cH-]c1.c1cc[cH-]c1. The largest absolute Gasteiger partial charge is 0.214 e. The van der Waals surface area contributed by atoms with Crippen LogP contribution in [-0.4, -0.2) is 0 Å². The summed E-state index contributed by atoms with van der Waals surface area (Å²) in [6.07, 6.45) is 0. The molecule has 0 N–H and O–H groups in total. The normalized spacial score (nSPS) is 7.23. The molecule has 0 amide bonds. The van der Waals surface area contributed by atoms with Crippen molar-refractivity contribution in [3.8, 4) is 0 Å². The van der Waals surface area contributed by atoms with E-state index >= 15 is 0 Å². The van der Waals surface area contributed by atoms with Gasteiger partial charge in [-0.05, 0) is 0 Å². The van der Waals surface area contributed by atoms with Gasteiger partial charge in [0.15, 0.2) is 0 Å². The molecule has 0 fully saturated rings. The van der Waals surface area contributed by atoms with Gasteiger partial charge in [0.2, 0.25) is 0 Å². The number of halogens is 2. The molecular weight excluding hydrogens is 239 g/mol. The van der Waals surface area contributed by atoms with Crippen molar-refractivity contribution in [1.82, 2.24) is 0 Å². The van der Waals surface area contributed by atoms with E-state index in [1.807, 2.05) is 60.7 Å². The Balaban J connectivity index is 0.000000174. The van der Waals surface area contributed by atoms with Crippen LogP contribution in [-0.2, 0) is 17.0 Å². The molecule has 0 nitrogen and oxygen atoms in total. The summed E-state index contributed by atoms with van der Waals surface area (Å²) >= 11 is -0.556. The second kappa shape index (κ2) is 12.0. The first-order valence-corrected chi connectivity index (χ1v) is 8.01. The van der Waals surface area contributed by atoms with E-state index in [0.717, 1.165) is 0 Å². The maximum Gasteiger partial charge on any atom is -0.172 e. The minimum atomic E-state index is -0.556. The van der Waals surface area contributed by atoms with Gasteiger partial charge < -0.3 is 0 Å². The molecule has 0 aliphatic rings. The van der Waals surface area contributed by atoms with E-state index in [9.17, 15) is 0 Å². The fourth-order valence-electron chi connectivity index (χ4n) is 0.642. The molecular formula is C10H10Cl2Ti-2. The van der Waals surface area contributed by atoms with Crippen molar-refractivity contribution < 1.29 is 17.0 Å². The van der Waals surface area contributed by atoms with Crippen molar-refractivity contribution in [2.24, 2.45) is 0 Å². The first-order valence-electron chi connectivity index (χ1n) is 3.71. The minimum Gasteiger partial charge on any atom is -0.214 e. The van der Waals surface area contributed by atoms with E-state index in [-0.39, 0.29) is 0 Å². The van der Waals surface area contributed by atoms with Gasteiger partial charge in [-0.2, -0.15) is 36.4 Å². The zero-order valence-electron chi connectivity index (χ0n) is 7.03. The molecule has 0 spiro atoms. The fourth-order valence-corrected chi connectivity index (χ4v) is 0.642. The maximum absolute atomic E-state index is 4.89. The fraction of sp³-hybridized carbons (Fsp3) is 0. The van der Waals surface area contributed by atoms with Crippen LogP contribution in [0.25, 0.3) is 0 Å². The van der Waals surface area contributed by atoms with E-state index in [4.69, 9.17) is 18.6 Å². The van der Waals surface area contributed by atoms with E-state index in [0.29, 0.717) is 0 Å². The van der Waals surface area contributed by atoms with Gasteiger partial charge in [-0.15, -0.1) is 0 Å². The molecule has 0 aliphatic heterocycles. The molecule has 70 valence electrons. The molecule has 2 aromatic carbocycles. The quantitative estimate of drug-likeness (QED) is 0.485. The van der Waals surface area contributed by atoms with Crippen molar-refractivity contribution in [2.75, 3.05) is 0 Å². The Bertz CT molecular complexity index is 165. The van der Waals surface area contributed by atoms with Crippen LogP contribution in [0, 0.1) is 0 Å². The van der Waals surface area contributed by atoms with Crippen LogP contribution in [0.3, 0.4) is 0 Å². The molecule has 13 heavy (non-hydrogen) atoms. The smallest absolute Gasteiger partial charge is 0.172 e. The summed E-state index contributed by atoms with van der Waals surface area (Å²) in [5, 5.41) is 0. The Hall–Kier alpha value is -0.00571. The Labute approximate surface area is 95.9 Å². The molecule has 0 saturated heterocycles. The molecule has 0 radical (unpaired) electrons. The zero-order chi connectivity index (χ0) is 9.78. The van der Waals surface area contributed by atoms with Crippen LogP contribution in [0.4, 0.5) is 0 Å². The van der Waals surface area contributed by atoms with Gasteiger partial charge in [0.1, 0.15) is 0 Å². The van der Waals surface area contributed by atoms with Crippen molar-refractivity contribution in [1.29, 1.82) is 0 Å². The van der Waals surface area contributed by atoms with Crippen LogP contribution < -0.4 is 0 Å². The van der Waals surface area contributed by atoms with Gasteiger partial charge in [0, 0.05) is 0 Å². The number of hydrogen-bond donors (Lipinski definition) is 0. The van der Waals surface area contributed by atoms with E-state index in [1.54, 1.807) is 0 Å². The Kier molecular flexibility index (Phi) is 12.0. The summed E-state index contributed by atoms with van der Waals surface area (Å²) in [5.74, 6) is 0. The first-order chi connectivity index (χ1) is 6.41. The van der Waals surface area contributed by atoms with Gasteiger partial charge in [0.05, 0.1) is 0 Å². The summed E-state index contributed by atoms with van der Waals surface area (Å²) in [6.45, 7) is 0. The third-order valence-corrected chi connectivity index (χ3v) is 1.11. The molecule has 0 unspecified atom stereocenters. The third-order valence-electron chi connectivity index (χ3n) is 1.11. The van der Waals surface area contributed by atoms with Crippen LogP contribution in [0.1, 0.15) is 0 Å². The molecule has 0 aromatic heterocycles. The summed E-state index contributed by atoms with van der Waals surface area (Å²) in [7, 11) is 9.78. The van der Waals surface area contributed by atoms with Gasteiger partial charge >= 0.3 is 35.6 Å². The van der Waals surface area contributed by atoms with Gasteiger partial charge in [-0.1, -0.05) is 0 Å². The van der Waals surface area contributed by atoms with E-state index in [1.165, 1.54) is 0 Å². The second-order valence-electron chi connectivity index (χ2n) is 2.00. The molecule has 2 rings (SSSR count). The topological polar surface area (TPSA) is 0 Å². The molecule has 0 bridgehead atoms. The van der Waals surface area contributed by atoms with Crippen molar-refractivity contribution in [2.45, 2.75) is 0 Å². The van der Waals surface area contributed by atoms with E-state index < -0.39 is 17.0 Å². The Morgan fingerprint density at radius 1 is 0.692 bits per heavy atom. The average Bonchev–Trinajstić information content (AvgIpc) is 2.85. The van der Waals surface area contributed by atoms with Gasteiger partial charge in [-0.25, -0.2) is 24.3 Å². The predicted molar refractivity (Wildman–Crippen MR) is 55.8 cm³/mol. The zero-order valence-corrected chi connectivity index (χ0v) is 10.1. The summed E-state index contributed by atoms with van der Waals surface area (Å²) in [5.41, 5.74) is 0. The van der Waals surface area contributed by atoms with Crippen LogP contribution in [0.5, 0.6) is 0 Å². The summed E-state index contributed by atoms with van der Waals surface area (Å²) in [4.78, 5) is 0. The first kappa shape index (κ1) is 13.0. The molecule has 0 heterocycles. The van der Waals surface area contributed by atoms with Gasteiger partial charge in [0.25, 0.3) is 0 Å². The van der Waals surface area contributed by atoms with Crippen molar-refractivity contribution in [3.05, 3.63) is 60.7 Å². The summed E-state index contributed by atoms with van der Waals surface area (Å²) in [6, 6.07) is 20.0. The molecule has 0 atom stereocenters. The molecule has 3 heteroatoms. The van der Waals surface area contributed by atoms with Crippen LogP contribution in [0.15, 0.2) is 60.7 Å². The van der Waals surface area contributed by atoms with Crippen LogP contribution in [0.2, 0.25) is 0 Å². The predicted octanol–water partition coefficient (Wildman–Crippen LogP) is 4.19. The molecule has 2 aromatic rings. The second-order valence-corrected chi connectivity index (χ2v) is 4.58. The Morgan fingerprint density at radius 3 is 1.00 bits per heavy atom. The van der Waals surface area contributed by atoms with Crippen molar-refractivity contribution >= 4 is 18.6 Å². The monoisotopic (exact) mass is 248 g/mol. The maximum atomic E-state index is 4.89. The van der Waals surface area contributed by atoms with Crippen molar-refractivity contribution in [3.63, 3.8) is 0 Å². The van der Waals surface area contributed by atoms with Crippen LogP contribution >= 0.6 is 18.6 Å². The minimum absolute atomic E-state index is 0.556. The third kappa shape index (κ3) is 12.0. The molecule has 0 saturated carbocycles. The van der Waals surface area contributed by atoms with E-state index in [2.05, 4.69) is 0 Å². The number of rotatable bonds is 0. The summed E-state index contributed by atoms with van der Waals surface area (Å²) < 4.78 is 0. The Morgan fingerprint density at radius 2 is 0.923 bits per heavy atom. The number of hydrogen-bond acceptors (Lipinski definition) is 0. The van der Waals surface area contributed by atoms with Gasteiger partial charge in [-0.3, -0.25) is 0 Å². The standard InChI is InChI=1S/2C5H5.2ClH.Ti/c2*1-2-4-5-3-1;;;/h2*1-5H;2*1H;/q2*-1;;;+2/p-2. The molecule has 0 aliphatic carbocycles.